The third-order valence-electron chi connectivity index (χ3n) is 4.64. The van der Waals surface area contributed by atoms with Crippen LogP contribution in [-0.4, -0.2) is 62.2 Å². The first-order chi connectivity index (χ1) is 12.8. The lowest BCUT2D eigenvalue weighted by Crippen LogP contribution is -2.47. The second-order valence-electron chi connectivity index (χ2n) is 6.35. The molecule has 1 aromatic carbocycles. The largest absolute Gasteiger partial charge is 0.497 e. The van der Waals surface area contributed by atoms with Crippen LogP contribution >= 0.6 is 0 Å². The number of ether oxygens (including phenoxy) is 1. The molecule has 138 valence electrons. The zero-order valence-corrected chi connectivity index (χ0v) is 15.2. The molecule has 1 saturated heterocycles. The van der Waals surface area contributed by atoms with Crippen molar-refractivity contribution < 1.29 is 9.53 Å². The maximum absolute atomic E-state index is 11.9. The molecule has 6 nitrogen and oxygen atoms in total. The van der Waals surface area contributed by atoms with Gasteiger partial charge in [0, 0.05) is 44.6 Å². The topological polar surface area (TPSA) is 57.7 Å². The third-order valence-corrected chi connectivity index (χ3v) is 4.64. The molecule has 1 amide bonds. The highest BCUT2D eigenvalue weighted by atomic mass is 16.5. The Morgan fingerprint density at radius 1 is 1.12 bits per heavy atom. The Morgan fingerprint density at radius 2 is 1.88 bits per heavy atom. The lowest BCUT2D eigenvalue weighted by atomic mass is 10.2. The lowest BCUT2D eigenvalue weighted by molar-refractivity contribution is 0.0946. The van der Waals surface area contributed by atoms with Crippen molar-refractivity contribution in [2.45, 2.75) is 6.42 Å². The van der Waals surface area contributed by atoms with Gasteiger partial charge >= 0.3 is 0 Å². The lowest BCUT2D eigenvalue weighted by Gasteiger charge is -2.36. The van der Waals surface area contributed by atoms with E-state index in [4.69, 9.17) is 4.74 Å². The predicted octanol–water partition coefficient (Wildman–Crippen LogP) is 2.03. The standard InChI is InChI=1S/C20H26N4O2/c1-26-18-8-6-17(7-9-18)24-15-13-23(14-16-24)12-4-11-22-20(25)19-5-2-3-10-21-19/h2-3,5-10H,4,11-16H2,1H3,(H,22,25). The molecular weight excluding hydrogens is 328 g/mol. The Morgan fingerprint density at radius 3 is 2.54 bits per heavy atom. The average molecular weight is 354 g/mol. The summed E-state index contributed by atoms with van der Waals surface area (Å²) in [5, 5.41) is 2.93. The highest BCUT2D eigenvalue weighted by molar-refractivity contribution is 5.92. The van der Waals surface area contributed by atoms with Crippen LogP contribution in [0.1, 0.15) is 16.9 Å². The van der Waals surface area contributed by atoms with Crippen molar-refractivity contribution in [3.8, 4) is 5.75 Å². The number of aromatic nitrogens is 1. The first-order valence-electron chi connectivity index (χ1n) is 9.07. The summed E-state index contributed by atoms with van der Waals surface area (Å²) in [4.78, 5) is 20.9. The van der Waals surface area contributed by atoms with Crippen molar-refractivity contribution >= 4 is 11.6 Å². The molecule has 2 aromatic rings. The van der Waals surface area contributed by atoms with Crippen molar-refractivity contribution in [3.05, 3.63) is 54.4 Å². The Labute approximate surface area is 154 Å². The molecule has 0 radical (unpaired) electrons. The molecule has 0 aliphatic carbocycles. The molecule has 1 aliphatic heterocycles. The number of benzene rings is 1. The van der Waals surface area contributed by atoms with Crippen LogP contribution in [0.15, 0.2) is 48.7 Å². The Hall–Kier alpha value is -2.60. The smallest absolute Gasteiger partial charge is 0.269 e. The Bertz CT molecular complexity index is 683. The van der Waals surface area contributed by atoms with Crippen LogP contribution in [0, 0.1) is 0 Å². The number of amides is 1. The number of anilines is 1. The molecule has 6 heteroatoms. The number of nitrogens with zero attached hydrogens (tertiary/aromatic N) is 3. The molecule has 1 aromatic heterocycles. The van der Waals surface area contributed by atoms with Crippen LogP contribution in [0.5, 0.6) is 5.75 Å². The number of carbonyl (C=O) groups is 1. The molecule has 0 bridgehead atoms. The molecule has 0 spiro atoms. The summed E-state index contributed by atoms with van der Waals surface area (Å²) in [6.45, 7) is 5.80. The number of nitrogens with one attached hydrogen (secondary N) is 1. The van der Waals surface area contributed by atoms with E-state index in [1.807, 2.05) is 24.3 Å². The van der Waals surface area contributed by atoms with Gasteiger partial charge in [-0.2, -0.15) is 0 Å². The normalized spacial score (nSPS) is 14.9. The number of hydrogen-bond donors (Lipinski definition) is 1. The summed E-state index contributed by atoms with van der Waals surface area (Å²) in [5.74, 6) is 0.787. The summed E-state index contributed by atoms with van der Waals surface area (Å²) < 4.78 is 5.21. The van der Waals surface area contributed by atoms with Crippen molar-refractivity contribution in [1.29, 1.82) is 0 Å². The van der Waals surface area contributed by atoms with Gasteiger partial charge in [-0.3, -0.25) is 14.7 Å². The number of methoxy groups -OCH3 is 1. The molecule has 0 atom stereocenters. The van der Waals surface area contributed by atoms with E-state index in [9.17, 15) is 4.79 Å². The number of rotatable bonds is 7. The minimum Gasteiger partial charge on any atom is -0.497 e. The minimum absolute atomic E-state index is 0.102. The van der Waals surface area contributed by atoms with Crippen LogP contribution in [0.3, 0.4) is 0 Å². The van der Waals surface area contributed by atoms with E-state index in [-0.39, 0.29) is 5.91 Å². The van der Waals surface area contributed by atoms with Crippen LogP contribution in [-0.2, 0) is 0 Å². The molecule has 26 heavy (non-hydrogen) atoms. The van der Waals surface area contributed by atoms with Crippen LogP contribution in [0.4, 0.5) is 5.69 Å². The van der Waals surface area contributed by atoms with E-state index in [0.29, 0.717) is 12.2 Å². The third kappa shape index (κ3) is 4.95. The molecule has 0 unspecified atom stereocenters. The van der Waals surface area contributed by atoms with Gasteiger partial charge in [0.1, 0.15) is 11.4 Å². The van der Waals surface area contributed by atoms with Gasteiger partial charge in [0.25, 0.3) is 5.91 Å². The van der Waals surface area contributed by atoms with E-state index in [1.54, 1.807) is 19.4 Å². The zero-order valence-electron chi connectivity index (χ0n) is 15.2. The van der Waals surface area contributed by atoms with E-state index in [2.05, 4.69) is 32.2 Å². The molecule has 1 fully saturated rings. The summed E-state index contributed by atoms with van der Waals surface area (Å²) in [7, 11) is 1.69. The molecule has 1 aliphatic rings. The molecule has 3 rings (SSSR count). The highest BCUT2D eigenvalue weighted by Gasteiger charge is 2.17. The average Bonchev–Trinajstić information content (AvgIpc) is 2.72. The number of pyridine rings is 1. The number of carbonyl (C=O) groups excluding carboxylic acids is 1. The number of hydrogen-bond acceptors (Lipinski definition) is 5. The predicted molar refractivity (Wildman–Crippen MR) is 103 cm³/mol. The highest BCUT2D eigenvalue weighted by Crippen LogP contribution is 2.20. The van der Waals surface area contributed by atoms with Gasteiger partial charge in [-0.25, -0.2) is 0 Å². The van der Waals surface area contributed by atoms with Gasteiger partial charge < -0.3 is 15.0 Å². The fraction of sp³-hybridized carbons (Fsp3) is 0.400. The molecule has 1 N–H and O–H groups in total. The van der Waals surface area contributed by atoms with Gasteiger partial charge in [-0.1, -0.05) is 6.07 Å². The minimum atomic E-state index is -0.102. The summed E-state index contributed by atoms with van der Waals surface area (Å²) >= 11 is 0. The quantitative estimate of drug-likeness (QED) is 0.771. The van der Waals surface area contributed by atoms with Gasteiger partial charge in [0.2, 0.25) is 0 Å². The Kier molecular flexibility index (Phi) is 6.44. The summed E-state index contributed by atoms with van der Waals surface area (Å²) in [6, 6.07) is 13.6. The molecule has 0 saturated carbocycles. The van der Waals surface area contributed by atoms with E-state index < -0.39 is 0 Å². The van der Waals surface area contributed by atoms with E-state index in [0.717, 1.165) is 44.9 Å². The van der Waals surface area contributed by atoms with Crippen LogP contribution in [0.2, 0.25) is 0 Å². The maximum atomic E-state index is 11.9. The van der Waals surface area contributed by atoms with Crippen molar-refractivity contribution in [1.82, 2.24) is 15.2 Å². The van der Waals surface area contributed by atoms with Crippen molar-refractivity contribution in [3.63, 3.8) is 0 Å². The first kappa shape index (κ1) is 18.2. The van der Waals surface area contributed by atoms with Gasteiger partial charge in [-0.15, -0.1) is 0 Å². The fourth-order valence-corrected chi connectivity index (χ4v) is 3.11. The summed E-state index contributed by atoms with van der Waals surface area (Å²) in [6.07, 6.45) is 2.58. The van der Waals surface area contributed by atoms with Crippen molar-refractivity contribution in [2.75, 3.05) is 51.3 Å². The van der Waals surface area contributed by atoms with Crippen LogP contribution in [0.25, 0.3) is 0 Å². The van der Waals surface area contributed by atoms with E-state index in [1.165, 1.54) is 5.69 Å². The Balaban J connectivity index is 1.34. The SMILES string of the molecule is COc1ccc(N2CCN(CCCNC(=O)c3ccccn3)CC2)cc1. The maximum Gasteiger partial charge on any atom is 0.269 e. The van der Waals surface area contributed by atoms with E-state index >= 15 is 0 Å². The monoisotopic (exact) mass is 354 g/mol. The second kappa shape index (κ2) is 9.20. The van der Waals surface area contributed by atoms with Crippen LogP contribution < -0.4 is 15.0 Å². The molecule has 2 heterocycles. The first-order valence-corrected chi connectivity index (χ1v) is 9.07. The zero-order chi connectivity index (χ0) is 18.2. The fourth-order valence-electron chi connectivity index (χ4n) is 3.11. The second-order valence-corrected chi connectivity index (χ2v) is 6.35. The molecular formula is C20H26N4O2. The van der Waals surface area contributed by atoms with Crippen molar-refractivity contribution in [2.24, 2.45) is 0 Å². The van der Waals surface area contributed by atoms with Gasteiger partial charge in [-0.05, 0) is 49.4 Å². The van der Waals surface area contributed by atoms with Gasteiger partial charge in [0.05, 0.1) is 7.11 Å². The van der Waals surface area contributed by atoms with Gasteiger partial charge in [0.15, 0.2) is 0 Å². The number of piperazine rings is 1. The summed E-state index contributed by atoms with van der Waals surface area (Å²) in [5.41, 5.74) is 1.72.